The molecule has 1 amide bonds. The zero-order valence-electron chi connectivity index (χ0n) is 11.5. The average Bonchev–Trinajstić information content (AvgIpc) is 2.46. The van der Waals surface area contributed by atoms with E-state index in [2.05, 4.69) is 37.2 Å². The van der Waals surface area contributed by atoms with E-state index in [1.54, 1.807) is 0 Å². The summed E-state index contributed by atoms with van der Waals surface area (Å²) in [6, 6.07) is 15.2. The van der Waals surface area contributed by atoms with Gasteiger partial charge in [-0.05, 0) is 42.8 Å². The Kier molecular flexibility index (Phi) is 5.82. The summed E-state index contributed by atoms with van der Waals surface area (Å²) in [6.07, 6.45) is 0. The van der Waals surface area contributed by atoms with Gasteiger partial charge in [0.25, 0.3) is 5.91 Å². The number of amides is 1. The molecule has 110 valence electrons. The second kappa shape index (κ2) is 7.61. The highest BCUT2D eigenvalue weighted by molar-refractivity contribution is 9.10. The molecule has 2 aromatic rings. The first kappa shape index (κ1) is 16.0. The second-order valence-corrected chi connectivity index (χ2v) is 6.42. The number of hydrogen-bond donors (Lipinski definition) is 1. The quantitative estimate of drug-likeness (QED) is 0.786. The molecule has 0 aliphatic carbocycles. The zero-order valence-corrected chi connectivity index (χ0v) is 14.6. The van der Waals surface area contributed by atoms with Crippen molar-refractivity contribution in [3.8, 4) is 5.75 Å². The van der Waals surface area contributed by atoms with Crippen LogP contribution >= 0.6 is 31.9 Å². The summed E-state index contributed by atoms with van der Waals surface area (Å²) in [7, 11) is 0. The Morgan fingerprint density at radius 2 is 1.86 bits per heavy atom. The Morgan fingerprint density at radius 3 is 2.52 bits per heavy atom. The van der Waals surface area contributed by atoms with Crippen LogP contribution in [0, 0.1) is 0 Å². The topological polar surface area (TPSA) is 38.3 Å². The summed E-state index contributed by atoms with van der Waals surface area (Å²) < 4.78 is 7.39. The van der Waals surface area contributed by atoms with E-state index in [4.69, 9.17) is 4.74 Å². The second-order valence-electron chi connectivity index (χ2n) is 4.59. The number of carbonyl (C=O) groups excluding carboxylic acids is 1. The van der Waals surface area contributed by atoms with E-state index in [1.807, 2.05) is 55.5 Å². The number of rotatable bonds is 5. The van der Waals surface area contributed by atoms with Crippen molar-refractivity contribution in [3.05, 3.63) is 63.0 Å². The average molecular weight is 413 g/mol. The zero-order chi connectivity index (χ0) is 15.2. The van der Waals surface area contributed by atoms with Crippen LogP contribution in [0.2, 0.25) is 0 Å². The minimum absolute atomic E-state index is 0.00266. The number of hydrogen-bond acceptors (Lipinski definition) is 2. The van der Waals surface area contributed by atoms with Gasteiger partial charge in [0, 0.05) is 8.95 Å². The van der Waals surface area contributed by atoms with Crippen LogP contribution in [0.1, 0.15) is 18.5 Å². The molecule has 1 atom stereocenters. The van der Waals surface area contributed by atoms with Gasteiger partial charge in [-0.15, -0.1) is 0 Å². The summed E-state index contributed by atoms with van der Waals surface area (Å²) in [4.78, 5) is 11.9. The molecule has 3 nitrogen and oxygen atoms in total. The molecule has 0 aromatic heterocycles. The smallest absolute Gasteiger partial charge is 0.258 e. The number of carbonyl (C=O) groups is 1. The van der Waals surface area contributed by atoms with E-state index >= 15 is 0 Å². The summed E-state index contributed by atoms with van der Waals surface area (Å²) in [5, 5.41) is 2.91. The number of ether oxygens (including phenoxy) is 1. The predicted molar refractivity (Wildman–Crippen MR) is 90.3 cm³/mol. The lowest BCUT2D eigenvalue weighted by Crippen LogP contribution is -2.31. The molecule has 0 unspecified atom stereocenters. The fourth-order valence-corrected chi connectivity index (χ4v) is 2.47. The lowest BCUT2D eigenvalue weighted by molar-refractivity contribution is -0.123. The van der Waals surface area contributed by atoms with Crippen LogP contribution in [-0.2, 0) is 4.79 Å². The van der Waals surface area contributed by atoms with Crippen LogP contribution in [-0.4, -0.2) is 12.5 Å². The third-order valence-electron chi connectivity index (χ3n) is 2.91. The number of benzene rings is 2. The molecule has 0 fully saturated rings. The van der Waals surface area contributed by atoms with Gasteiger partial charge in [-0.3, -0.25) is 4.79 Å². The molecule has 0 aliphatic heterocycles. The van der Waals surface area contributed by atoms with Crippen LogP contribution in [0.15, 0.2) is 57.5 Å². The van der Waals surface area contributed by atoms with Gasteiger partial charge in [-0.2, -0.15) is 0 Å². The summed E-state index contributed by atoms with van der Waals surface area (Å²) in [5.74, 6) is 0.515. The summed E-state index contributed by atoms with van der Waals surface area (Å²) in [6.45, 7) is 1.94. The molecule has 0 saturated carbocycles. The standard InChI is InChI=1S/C16H15Br2NO2/c1-11(12-5-7-13(17)8-6-12)19-16(20)10-21-15-4-2-3-14(18)9-15/h2-9,11H,10H2,1H3,(H,19,20)/t11-/m0/s1. The van der Waals surface area contributed by atoms with Crippen LogP contribution in [0.4, 0.5) is 0 Å². The molecule has 0 spiro atoms. The van der Waals surface area contributed by atoms with Crippen LogP contribution in [0.25, 0.3) is 0 Å². The fraction of sp³-hybridized carbons (Fsp3) is 0.188. The van der Waals surface area contributed by atoms with Gasteiger partial charge in [-0.1, -0.05) is 50.1 Å². The number of nitrogens with one attached hydrogen (secondary N) is 1. The molecular weight excluding hydrogens is 398 g/mol. The van der Waals surface area contributed by atoms with E-state index in [9.17, 15) is 4.79 Å². The highest BCUT2D eigenvalue weighted by Crippen LogP contribution is 2.18. The molecule has 2 aromatic carbocycles. The first-order valence-electron chi connectivity index (χ1n) is 6.48. The third kappa shape index (κ3) is 5.17. The minimum atomic E-state index is -0.148. The van der Waals surface area contributed by atoms with Crippen LogP contribution in [0.5, 0.6) is 5.75 Å². The van der Waals surface area contributed by atoms with Gasteiger partial charge in [0.05, 0.1) is 6.04 Å². The molecule has 0 saturated heterocycles. The SMILES string of the molecule is C[C@H](NC(=O)COc1cccc(Br)c1)c1ccc(Br)cc1. The molecule has 0 aliphatic rings. The molecule has 5 heteroatoms. The van der Waals surface area contributed by atoms with Crippen molar-refractivity contribution in [2.45, 2.75) is 13.0 Å². The first-order chi connectivity index (χ1) is 10.0. The summed E-state index contributed by atoms with van der Waals surface area (Å²) >= 11 is 6.75. The Balaban J connectivity index is 1.85. The van der Waals surface area contributed by atoms with Crippen molar-refractivity contribution >= 4 is 37.8 Å². The normalized spacial score (nSPS) is 11.8. The predicted octanol–water partition coefficient (Wildman–Crippen LogP) is 4.47. The maximum Gasteiger partial charge on any atom is 0.258 e. The van der Waals surface area contributed by atoms with Crippen molar-refractivity contribution in [1.82, 2.24) is 5.32 Å². The molecule has 21 heavy (non-hydrogen) atoms. The molecule has 0 bridgehead atoms. The van der Waals surface area contributed by atoms with Crippen molar-refractivity contribution in [1.29, 1.82) is 0 Å². The highest BCUT2D eigenvalue weighted by Gasteiger charge is 2.10. The Morgan fingerprint density at radius 1 is 1.14 bits per heavy atom. The van der Waals surface area contributed by atoms with Gasteiger partial charge in [0.2, 0.25) is 0 Å². The molecule has 0 radical (unpaired) electrons. The Hall–Kier alpha value is -1.33. The van der Waals surface area contributed by atoms with Crippen molar-refractivity contribution in [2.75, 3.05) is 6.61 Å². The van der Waals surface area contributed by atoms with Crippen molar-refractivity contribution in [3.63, 3.8) is 0 Å². The third-order valence-corrected chi connectivity index (χ3v) is 3.94. The van der Waals surface area contributed by atoms with E-state index in [0.29, 0.717) is 5.75 Å². The fourth-order valence-electron chi connectivity index (χ4n) is 1.82. The largest absolute Gasteiger partial charge is 0.484 e. The van der Waals surface area contributed by atoms with E-state index in [1.165, 1.54) is 0 Å². The highest BCUT2D eigenvalue weighted by atomic mass is 79.9. The van der Waals surface area contributed by atoms with Gasteiger partial charge in [-0.25, -0.2) is 0 Å². The van der Waals surface area contributed by atoms with Crippen molar-refractivity contribution < 1.29 is 9.53 Å². The van der Waals surface area contributed by atoms with Crippen molar-refractivity contribution in [2.24, 2.45) is 0 Å². The van der Waals surface area contributed by atoms with Gasteiger partial charge >= 0.3 is 0 Å². The molecule has 1 N–H and O–H groups in total. The van der Waals surface area contributed by atoms with Gasteiger partial charge in [0.1, 0.15) is 5.75 Å². The van der Waals surface area contributed by atoms with Gasteiger partial charge in [0.15, 0.2) is 6.61 Å². The lowest BCUT2D eigenvalue weighted by Gasteiger charge is -2.15. The Labute approximate surface area is 141 Å². The first-order valence-corrected chi connectivity index (χ1v) is 8.06. The molecule has 0 heterocycles. The monoisotopic (exact) mass is 411 g/mol. The maximum absolute atomic E-state index is 11.9. The minimum Gasteiger partial charge on any atom is -0.484 e. The molecule has 2 rings (SSSR count). The Bertz CT molecular complexity index is 614. The number of halogens is 2. The van der Waals surface area contributed by atoms with E-state index in [0.717, 1.165) is 14.5 Å². The van der Waals surface area contributed by atoms with Crippen LogP contribution in [0.3, 0.4) is 0 Å². The van der Waals surface area contributed by atoms with E-state index in [-0.39, 0.29) is 18.6 Å². The maximum atomic E-state index is 11.9. The van der Waals surface area contributed by atoms with Crippen LogP contribution < -0.4 is 10.1 Å². The van der Waals surface area contributed by atoms with E-state index < -0.39 is 0 Å². The summed E-state index contributed by atoms with van der Waals surface area (Å²) in [5.41, 5.74) is 1.05. The lowest BCUT2D eigenvalue weighted by atomic mass is 10.1. The van der Waals surface area contributed by atoms with Gasteiger partial charge < -0.3 is 10.1 Å². The molecular formula is C16H15Br2NO2.